The molecule has 0 aliphatic carbocycles. The molecular formula is C11H23N3. The van der Waals surface area contributed by atoms with Crippen LogP contribution in [-0.2, 0) is 0 Å². The summed E-state index contributed by atoms with van der Waals surface area (Å²) in [7, 11) is 0. The number of nitrogens with zero attached hydrogens (tertiary/aromatic N) is 2. The van der Waals surface area contributed by atoms with E-state index >= 15 is 0 Å². The maximum atomic E-state index is 5.81. The van der Waals surface area contributed by atoms with E-state index in [1.165, 1.54) is 25.9 Å². The monoisotopic (exact) mass is 197 g/mol. The van der Waals surface area contributed by atoms with E-state index in [1.807, 2.05) is 5.01 Å². The summed E-state index contributed by atoms with van der Waals surface area (Å²) in [4.78, 5) is 2.66. The molecule has 2 aliphatic rings. The van der Waals surface area contributed by atoms with Gasteiger partial charge in [0.05, 0.1) is 0 Å². The van der Waals surface area contributed by atoms with Crippen LogP contribution in [0.1, 0.15) is 26.7 Å². The molecule has 2 heterocycles. The number of rotatable bonds is 1. The number of hydrazine groups is 1. The lowest BCUT2D eigenvalue weighted by molar-refractivity contribution is 0.0975. The predicted molar refractivity (Wildman–Crippen MR) is 58.7 cm³/mol. The largest absolute Gasteiger partial charge is 0.298 e. The Hall–Kier alpha value is -0.120. The second-order valence-corrected chi connectivity index (χ2v) is 5.34. The minimum Gasteiger partial charge on any atom is -0.298 e. The Kier molecular flexibility index (Phi) is 3.10. The highest BCUT2D eigenvalue weighted by Crippen LogP contribution is 2.25. The van der Waals surface area contributed by atoms with Crippen LogP contribution in [0, 0.1) is 11.8 Å². The van der Waals surface area contributed by atoms with Crippen molar-refractivity contribution in [2.75, 3.05) is 26.2 Å². The Labute approximate surface area is 87.2 Å². The molecule has 2 fully saturated rings. The first kappa shape index (κ1) is 10.4. The van der Waals surface area contributed by atoms with E-state index in [0.29, 0.717) is 0 Å². The van der Waals surface area contributed by atoms with E-state index in [9.17, 15) is 0 Å². The first-order chi connectivity index (χ1) is 6.65. The number of likely N-dealkylation sites (tertiary alicyclic amines) is 1. The van der Waals surface area contributed by atoms with Gasteiger partial charge in [-0.3, -0.25) is 10.7 Å². The van der Waals surface area contributed by atoms with Gasteiger partial charge in [0.15, 0.2) is 0 Å². The smallest absolute Gasteiger partial charge is 0.0285 e. The van der Waals surface area contributed by atoms with Gasteiger partial charge in [0.2, 0.25) is 0 Å². The van der Waals surface area contributed by atoms with Gasteiger partial charge in [0.1, 0.15) is 0 Å². The van der Waals surface area contributed by atoms with Crippen LogP contribution in [0.3, 0.4) is 0 Å². The van der Waals surface area contributed by atoms with Crippen molar-refractivity contribution in [2.45, 2.75) is 32.7 Å². The number of hydrogen-bond acceptors (Lipinski definition) is 3. The van der Waals surface area contributed by atoms with Crippen LogP contribution in [0.15, 0.2) is 0 Å². The minimum atomic E-state index is 0.727. The predicted octanol–water partition coefficient (Wildman–Crippen LogP) is 0.912. The highest BCUT2D eigenvalue weighted by Gasteiger charge is 2.30. The van der Waals surface area contributed by atoms with Crippen LogP contribution in [0.25, 0.3) is 0 Å². The molecule has 0 bridgehead atoms. The molecule has 14 heavy (non-hydrogen) atoms. The Balaban J connectivity index is 1.90. The molecule has 82 valence electrons. The lowest BCUT2D eigenvalue weighted by Crippen LogP contribution is -2.46. The van der Waals surface area contributed by atoms with Crippen LogP contribution in [0.4, 0.5) is 0 Å². The van der Waals surface area contributed by atoms with E-state index in [-0.39, 0.29) is 0 Å². The number of hydrogen-bond donors (Lipinski definition) is 1. The van der Waals surface area contributed by atoms with Crippen LogP contribution >= 0.6 is 0 Å². The summed E-state index contributed by atoms with van der Waals surface area (Å²) in [5.74, 6) is 7.54. The van der Waals surface area contributed by atoms with Crippen LogP contribution in [-0.4, -0.2) is 42.1 Å². The van der Waals surface area contributed by atoms with E-state index in [0.717, 1.165) is 31.0 Å². The van der Waals surface area contributed by atoms with Gasteiger partial charge >= 0.3 is 0 Å². The van der Waals surface area contributed by atoms with Crippen molar-refractivity contribution in [1.82, 2.24) is 9.91 Å². The van der Waals surface area contributed by atoms with Gasteiger partial charge in [-0.2, -0.15) is 0 Å². The molecule has 0 radical (unpaired) electrons. The molecule has 3 nitrogen and oxygen atoms in total. The Morgan fingerprint density at radius 3 is 2.21 bits per heavy atom. The third-order valence-corrected chi connectivity index (χ3v) is 3.61. The molecule has 0 spiro atoms. The zero-order valence-electron chi connectivity index (χ0n) is 9.45. The molecular weight excluding hydrogens is 174 g/mol. The summed E-state index contributed by atoms with van der Waals surface area (Å²) in [5.41, 5.74) is 0. The maximum absolute atomic E-state index is 5.81. The highest BCUT2D eigenvalue weighted by molar-refractivity contribution is 4.85. The molecule has 2 rings (SSSR count). The summed E-state index contributed by atoms with van der Waals surface area (Å²) in [6.07, 6.45) is 2.66. The number of nitrogens with two attached hydrogens (primary N) is 1. The minimum absolute atomic E-state index is 0.727. The second-order valence-electron chi connectivity index (χ2n) is 5.34. The molecule has 0 aromatic rings. The van der Waals surface area contributed by atoms with Crippen molar-refractivity contribution < 1.29 is 0 Å². The molecule has 3 heteroatoms. The van der Waals surface area contributed by atoms with E-state index < -0.39 is 0 Å². The summed E-state index contributed by atoms with van der Waals surface area (Å²) >= 11 is 0. The molecule has 3 unspecified atom stereocenters. The Morgan fingerprint density at radius 1 is 1.07 bits per heavy atom. The first-order valence-electron chi connectivity index (χ1n) is 5.89. The van der Waals surface area contributed by atoms with Gasteiger partial charge < -0.3 is 0 Å². The fourth-order valence-electron chi connectivity index (χ4n) is 3.08. The highest BCUT2D eigenvalue weighted by atomic mass is 15.4. The summed E-state index contributed by atoms with van der Waals surface area (Å²) in [6, 6.07) is 0.727. The molecule has 0 aromatic carbocycles. The lowest BCUT2D eigenvalue weighted by atomic mass is 9.91. The fourth-order valence-corrected chi connectivity index (χ4v) is 3.08. The SMILES string of the molecule is CC1CC(C)CN(C2CCN(N)C2)C1. The quantitative estimate of drug-likeness (QED) is 0.634. The van der Waals surface area contributed by atoms with E-state index in [2.05, 4.69) is 18.7 Å². The third-order valence-electron chi connectivity index (χ3n) is 3.61. The maximum Gasteiger partial charge on any atom is 0.0285 e. The van der Waals surface area contributed by atoms with Gasteiger partial charge in [-0.15, -0.1) is 0 Å². The number of piperidine rings is 1. The summed E-state index contributed by atoms with van der Waals surface area (Å²) in [5, 5.41) is 1.97. The molecule has 0 saturated carbocycles. The zero-order valence-corrected chi connectivity index (χ0v) is 9.45. The van der Waals surface area contributed by atoms with Crippen molar-refractivity contribution in [2.24, 2.45) is 17.7 Å². The Morgan fingerprint density at radius 2 is 1.71 bits per heavy atom. The van der Waals surface area contributed by atoms with Crippen LogP contribution < -0.4 is 5.84 Å². The van der Waals surface area contributed by atoms with Gasteiger partial charge in [-0.25, -0.2) is 5.01 Å². The van der Waals surface area contributed by atoms with Crippen molar-refractivity contribution in [3.8, 4) is 0 Å². The topological polar surface area (TPSA) is 32.5 Å². The fraction of sp³-hybridized carbons (Fsp3) is 1.00. The van der Waals surface area contributed by atoms with Gasteiger partial charge in [0, 0.05) is 32.2 Å². The normalized spacial score (nSPS) is 41.8. The van der Waals surface area contributed by atoms with Crippen molar-refractivity contribution in [1.29, 1.82) is 0 Å². The molecule has 3 atom stereocenters. The molecule has 2 saturated heterocycles. The van der Waals surface area contributed by atoms with Crippen LogP contribution in [0.5, 0.6) is 0 Å². The average Bonchev–Trinajstić information content (AvgIpc) is 2.50. The zero-order chi connectivity index (χ0) is 10.1. The molecule has 2 N–H and O–H groups in total. The average molecular weight is 197 g/mol. The van der Waals surface area contributed by atoms with E-state index in [4.69, 9.17) is 5.84 Å². The third kappa shape index (κ3) is 2.27. The van der Waals surface area contributed by atoms with Gasteiger partial charge in [-0.1, -0.05) is 13.8 Å². The standard InChI is InChI=1S/C11H23N3/c1-9-5-10(2)7-13(6-9)11-3-4-14(12)8-11/h9-11H,3-8,12H2,1-2H3. The first-order valence-corrected chi connectivity index (χ1v) is 5.89. The lowest BCUT2D eigenvalue weighted by Gasteiger charge is -2.38. The van der Waals surface area contributed by atoms with E-state index in [1.54, 1.807) is 0 Å². The van der Waals surface area contributed by atoms with Crippen LogP contribution in [0.2, 0.25) is 0 Å². The Bertz CT molecular complexity index is 185. The molecule has 2 aliphatic heterocycles. The second kappa shape index (κ2) is 4.17. The summed E-state index contributed by atoms with van der Waals surface area (Å²) in [6.45, 7) is 9.45. The summed E-state index contributed by atoms with van der Waals surface area (Å²) < 4.78 is 0. The van der Waals surface area contributed by atoms with Crippen molar-refractivity contribution in [3.05, 3.63) is 0 Å². The van der Waals surface area contributed by atoms with Crippen molar-refractivity contribution in [3.63, 3.8) is 0 Å². The van der Waals surface area contributed by atoms with Crippen molar-refractivity contribution >= 4 is 0 Å². The molecule has 0 aromatic heterocycles. The van der Waals surface area contributed by atoms with Gasteiger partial charge in [0.25, 0.3) is 0 Å². The van der Waals surface area contributed by atoms with Gasteiger partial charge in [-0.05, 0) is 24.7 Å². The molecule has 0 amide bonds.